The van der Waals surface area contributed by atoms with Gasteiger partial charge in [0.25, 0.3) is 0 Å². The second-order valence-electron chi connectivity index (χ2n) is 3.12. The smallest absolute Gasteiger partial charge is 0.130 e. The maximum Gasteiger partial charge on any atom is 0.130 e. The van der Waals surface area contributed by atoms with Crippen molar-refractivity contribution < 1.29 is 5.11 Å². The molecule has 0 saturated carbocycles. The monoisotopic (exact) mass is 236 g/mol. The molecule has 0 aromatic heterocycles. The number of hydrogen-bond donors (Lipinski definition) is 1. The summed E-state index contributed by atoms with van der Waals surface area (Å²) in [6, 6.07) is 9.77. The van der Waals surface area contributed by atoms with Crippen molar-refractivity contribution in [1.29, 1.82) is 0 Å². The minimum absolute atomic E-state index is 0.290. The number of halogens is 1. The van der Waals surface area contributed by atoms with Crippen LogP contribution in [-0.4, -0.2) is 5.11 Å². The maximum atomic E-state index is 9.46. The van der Waals surface area contributed by atoms with Crippen LogP contribution in [0.15, 0.2) is 34.8 Å². The third kappa shape index (κ3) is 1.42. The molecule has 0 aliphatic carbocycles. The van der Waals surface area contributed by atoms with Crippen molar-refractivity contribution in [2.75, 3.05) is 0 Å². The molecular formula is C11H9BrO. The highest BCUT2D eigenvalue weighted by molar-refractivity contribution is 9.10. The van der Waals surface area contributed by atoms with Crippen molar-refractivity contribution in [3.63, 3.8) is 0 Å². The van der Waals surface area contributed by atoms with Gasteiger partial charge in [0.2, 0.25) is 0 Å². The van der Waals surface area contributed by atoms with Gasteiger partial charge in [0.05, 0.1) is 4.47 Å². The molecule has 0 radical (unpaired) electrons. The van der Waals surface area contributed by atoms with E-state index in [4.69, 9.17) is 0 Å². The molecule has 66 valence electrons. The Hall–Kier alpha value is -1.02. The van der Waals surface area contributed by atoms with Crippen LogP contribution < -0.4 is 0 Å². The Balaban J connectivity index is 2.89. The fourth-order valence-corrected chi connectivity index (χ4v) is 1.86. The summed E-state index contributed by atoms with van der Waals surface area (Å²) in [5.41, 5.74) is 1.19. The highest BCUT2D eigenvalue weighted by Crippen LogP contribution is 2.32. The normalized spacial score (nSPS) is 10.6. The van der Waals surface area contributed by atoms with Crippen molar-refractivity contribution in [2.45, 2.75) is 6.92 Å². The predicted octanol–water partition coefficient (Wildman–Crippen LogP) is 3.62. The molecule has 1 nitrogen and oxygen atoms in total. The van der Waals surface area contributed by atoms with E-state index >= 15 is 0 Å². The van der Waals surface area contributed by atoms with E-state index in [2.05, 4.69) is 34.1 Å². The number of aromatic hydroxyl groups is 1. The van der Waals surface area contributed by atoms with Gasteiger partial charge in [-0.25, -0.2) is 0 Å². The summed E-state index contributed by atoms with van der Waals surface area (Å²) in [6.07, 6.45) is 0. The fourth-order valence-electron chi connectivity index (χ4n) is 1.39. The van der Waals surface area contributed by atoms with E-state index in [0.29, 0.717) is 0 Å². The molecule has 0 spiro atoms. The zero-order valence-electron chi connectivity index (χ0n) is 7.21. The van der Waals surface area contributed by atoms with Crippen LogP contribution in [0.25, 0.3) is 10.8 Å². The molecule has 0 aliphatic rings. The van der Waals surface area contributed by atoms with Crippen molar-refractivity contribution in [2.24, 2.45) is 0 Å². The molecule has 0 fully saturated rings. The second-order valence-corrected chi connectivity index (χ2v) is 3.92. The number of phenols is 1. The summed E-state index contributed by atoms with van der Waals surface area (Å²) in [5, 5.41) is 11.7. The zero-order chi connectivity index (χ0) is 9.42. The van der Waals surface area contributed by atoms with Crippen molar-refractivity contribution in [3.05, 3.63) is 40.4 Å². The summed E-state index contributed by atoms with van der Waals surface area (Å²) in [6.45, 7) is 2.04. The Morgan fingerprint density at radius 1 is 1.15 bits per heavy atom. The molecule has 0 heterocycles. The van der Waals surface area contributed by atoms with E-state index < -0.39 is 0 Å². The predicted molar refractivity (Wildman–Crippen MR) is 58.0 cm³/mol. The molecule has 0 bridgehead atoms. The van der Waals surface area contributed by atoms with Gasteiger partial charge in [-0.05, 0) is 39.7 Å². The average molecular weight is 237 g/mol. The second kappa shape index (κ2) is 3.04. The lowest BCUT2D eigenvalue weighted by Gasteiger charge is -2.03. The number of rotatable bonds is 0. The van der Waals surface area contributed by atoms with Crippen LogP contribution in [0.2, 0.25) is 0 Å². The first kappa shape index (κ1) is 8.57. The van der Waals surface area contributed by atoms with E-state index in [1.807, 2.05) is 13.0 Å². The number of fused-ring (bicyclic) bond motifs is 1. The van der Waals surface area contributed by atoms with Gasteiger partial charge in [-0.1, -0.05) is 29.8 Å². The molecule has 2 aromatic rings. The van der Waals surface area contributed by atoms with Crippen molar-refractivity contribution in [1.82, 2.24) is 0 Å². The van der Waals surface area contributed by atoms with Gasteiger partial charge >= 0.3 is 0 Å². The minimum Gasteiger partial charge on any atom is -0.507 e. The third-order valence-electron chi connectivity index (χ3n) is 2.09. The molecule has 2 heteroatoms. The first-order chi connectivity index (χ1) is 6.18. The van der Waals surface area contributed by atoms with E-state index in [0.717, 1.165) is 15.2 Å². The summed E-state index contributed by atoms with van der Waals surface area (Å²) >= 11 is 3.36. The van der Waals surface area contributed by atoms with Gasteiger partial charge in [-0.2, -0.15) is 0 Å². The lowest BCUT2D eigenvalue weighted by atomic mass is 10.1. The van der Waals surface area contributed by atoms with E-state index in [9.17, 15) is 5.11 Å². The van der Waals surface area contributed by atoms with Crippen LogP contribution in [0, 0.1) is 6.92 Å². The molecule has 13 heavy (non-hydrogen) atoms. The average Bonchev–Trinajstić information content (AvgIpc) is 2.12. The lowest BCUT2D eigenvalue weighted by Crippen LogP contribution is -1.77. The zero-order valence-corrected chi connectivity index (χ0v) is 8.80. The largest absolute Gasteiger partial charge is 0.507 e. The first-order valence-corrected chi connectivity index (χ1v) is 4.85. The highest BCUT2D eigenvalue weighted by Gasteiger charge is 2.02. The molecule has 0 amide bonds. The Labute approximate surface area is 85.1 Å². The Kier molecular flexibility index (Phi) is 2.00. The summed E-state index contributed by atoms with van der Waals surface area (Å²) in [5.74, 6) is 0.290. The Morgan fingerprint density at radius 2 is 1.85 bits per heavy atom. The van der Waals surface area contributed by atoms with E-state index in [1.165, 1.54) is 5.56 Å². The van der Waals surface area contributed by atoms with Crippen LogP contribution in [0.1, 0.15) is 5.56 Å². The fraction of sp³-hybridized carbons (Fsp3) is 0.0909. The number of hydrogen-bond acceptors (Lipinski definition) is 1. The van der Waals surface area contributed by atoms with Crippen LogP contribution in [0.5, 0.6) is 5.75 Å². The molecule has 0 atom stereocenters. The van der Waals surface area contributed by atoms with Gasteiger partial charge in [0.15, 0.2) is 0 Å². The molecule has 2 rings (SSSR count). The Morgan fingerprint density at radius 3 is 2.62 bits per heavy atom. The topological polar surface area (TPSA) is 20.2 Å². The molecule has 1 N–H and O–H groups in total. The van der Waals surface area contributed by atoms with Crippen LogP contribution in [0.4, 0.5) is 0 Å². The third-order valence-corrected chi connectivity index (χ3v) is 2.92. The number of aryl methyl sites for hydroxylation is 1. The van der Waals surface area contributed by atoms with E-state index in [1.54, 1.807) is 6.07 Å². The molecule has 2 aromatic carbocycles. The molecule has 0 aliphatic heterocycles. The molecular weight excluding hydrogens is 228 g/mol. The summed E-state index contributed by atoms with van der Waals surface area (Å²) < 4.78 is 0.772. The van der Waals surface area contributed by atoms with Gasteiger partial charge in [0.1, 0.15) is 5.75 Å². The number of benzene rings is 2. The first-order valence-electron chi connectivity index (χ1n) is 4.06. The van der Waals surface area contributed by atoms with Crippen LogP contribution in [0.3, 0.4) is 0 Å². The van der Waals surface area contributed by atoms with Crippen molar-refractivity contribution >= 4 is 26.7 Å². The van der Waals surface area contributed by atoms with Crippen molar-refractivity contribution in [3.8, 4) is 5.75 Å². The standard InChI is InChI=1S/C11H9BrO/c1-7-2-3-8-4-5-10(13)11(12)9(8)6-7/h2-6,13H,1H3. The highest BCUT2D eigenvalue weighted by atomic mass is 79.9. The lowest BCUT2D eigenvalue weighted by molar-refractivity contribution is 0.473. The SMILES string of the molecule is Cc1ccc2ccc(O)c(Br)c2c1. The van der Waals surface area contributed by atoms with Gasteiger partial charge in [-0.15, -0.1) is 0 Å². The van der Waals surface area contributed by atoms with Crippen LogP contribution in [-0.2, 0) is 0 Å². The van der Waals surface area contributed by atoms with Gasteiger partial charge < -0.3 is 5.11 Å². The molecule has 0 saturated heterocycles. The summed E-state index contributed by atoms with van der Waals surface area (Å²) in [4.78, 5) is 0. The number of phenolic OH excluding ortho intramolecular Hbond substituents is 1. The Bertz CT molecular complexity index is 458. The quantitative estimate of drug-likeness (QED) is 0.741. The molecule has 0 unspecified atom stereocenters. The van der Waals surface area contributed by atoms with Crippen LogP contribution >= 0.6 is 15.9 Å². The van der Waals surface area contributed by atoms with Gasteiger partial charge in [0, 0.05) is 0 Å². The minimum atomic E-state index is 0.290. The van der Waals surface area contributed by atoms with Gasteiger partial charge in [-0.3, -0.25) is 0 Å². The summed E-state index contributed by atoms with van der Waals surface area (Å²) in [7, 11) is 0. The maximum absolute atomic E-state index is 9.46. The van der Waals surface area contributed by atoms with E-state index in [-0.39, 0.29) is 5.75 Å².